The number of hydrogen-bond acceptors (Lipinski definition) is 3. The lowest BCUT2D eigenvalue weighted by Gasteiger charge is -2.31. The summed E-state index contributed by atoms with van der Waals surface area (Å²) in [6.07, 6.45) is 4.55. The van der Waals surface area contributed by atoms with Gasteiger partial charge in [-0.25, -0.2) is 0 Å². The average molecular weight is 208 g/mol. The SMILES string of the molecule is Cn1ccc([C@H]2CCCN(CCN)C2)n1. The topological polar surface area (TPSA) is 47.1 Å². The molecule has 4 nitrogen and oxygen atoms in total. The number of hydrogen-bond donors (Lipinski definition) is 1. The molecular formula is C11H20N4. The summed E-state index contributed by atoms with van der Waals surface area (Å²) in [7, 11) is 1.98. The predicted molar refractivity (Wildman–Crippen MR) is 60.7 cm³/mol. The molecule has 0 amide bonds. The smallest absolute Gasteiger partial charge is 0.0668 e. The molecule has 2 heterocycles. The first-order valence-electron chi connectivity index (χ1n) is 5.71. The Labute approximate surface area is 91.1 Å². The van der Waals surface area contributed by atoms with Gasteiger partial charge in [-0.2, -0.15) is 5.10 Å². The molecule has 1 aliphatic heterocycles. The molecule has 0 radical (unpaired) electrons. The molecule has 0 unspecified atom stereocenters. The Morgan fingerprint density at radius 2 is 2.47 bits per heavy atom. The number of nitrogens with zero attached hydrogens (tertiary/aromatic N) is 3. The molecule has 1 atom stereocenters. The fourth-order valence-corrected chi connectivity index (χ4v) is 2.33. The summed E-state index contributed by atoms with van der Waals surface area (Å²) in [5.74, 6) is 0.603. The second-order valence-corrected chi connectivity index (χ2v) is 4.34. The third kappa shape index (κ3) is 2.58. The van der Waals surface area contributed by atoms with Crippen LogP contribution in [0.5, 0.6) is 0 Å². The quantitative estimate of drug-likeness (QED) is 0.789. The van der Waals surface area contributed by atoms with Gasteiger partial charge in [0.2, 0.25) is 0 Å². The Bertz CT molecular complexity index is 305. The largest absolute Gasteiger partial charge is 0.329 e. The standard InChI is InChI=1S/C11H20N4/c1-14-7-4-11(13-14)10-3-2-6-15(9-10)8-5-12/h4,7,10H,2-3,5-6,8-9,12H2,1H3/t10-/m0/s1. The molecule has 84 valence electrons. The van der Waals surface area contributed by atoms with E-state index in [-0.39, 0.29) is 0 Å². The van der Waals surface area contributed by atoms with E-state index < -0.39 is 0 Å². The van der Waals surface area contributed by atoms with Crippen LogP contribution in [0, 0.1) is 0 Å². The summed E-state index contributed by atoms with van der Waals surface area (Å²) in [5.41, 5.74) is 6.82. The molecule has 2 N–H and O–H groups in total. The number of aryl methyl sites for hydroxylation is 1. The number of piperidine rings is 1. The first-order valence-corrected chi connectivity index (χ1v) is 5.71. The zero-order valence-electron chi connectivity index (χ0n) is 9.39. The molecule has 0 aliphatic carbocycles. The molecule has 2 rings (SSSR count). The Hall–Kier alpha value is -0.870. The lowest BCUT2D eigenvalue weighted by Crippen LogP contribution is -2.37. The third-order valence-electron chi connectivity index (χ3n) is 3.10. The molecule has 0 bridgehead atoms. The zero-order valence-corrected chi connectivity index (χ0v) is 9.39. The fraction of sp³-hybridized carbons (Fsp3) is 0.727. The summed E-state index contributed by atoms with van der Waals surface area (Å²) in [6.45, 7) is 4.09. The van der Waals surface area contributed by atoms with Crippen LogP contribution in [-0.2, 0) is 7.05 Å². The van der Waals surface area contributed by atoms with Crippen LogP contribution < -0.4 is 5.73 Å². The number of nitrogens with two attached hydrogens (primary N) is 1. The van der Waals surface area contributed by atoms with E-state index in [0.29, 0.717) is 5.92 Å². The normalized spacial score (nSPS) is 23.2. The third-order valence-corrected chi connectivity index (χ3v) is 3.10. The predicted octanol–water partition coefficient (Wildman–Crippen LogP) is 0.558. The van der Waals surface area contributed by atoms with Crippen LogP contribution in [0.25, 0.3) is 0 Å². The van der Waals surface area contributed by atoms with Crippen LogP contribution >= 0.6 is 0 Å². The van der Waals surface area contributed by atoms with Gasteiger partial charge in [-0.15, -0.1) is 0 Å². The van der Waals surface area contributed by atoms with Gasteiger partial charge in [0.05, 0.1) is 5.69 Å². The Morgan fingerprint density at radius 3 is 3.13 bits per heavy atom. The van der Waals surface area contributed by atoms with Gasteiger partial charge in [0.25, 0.3) is 0 Å². The maximum Gasteiger partial charge on any atom is 0.0668 e. The molecule has 15 heavy (non-hydrogen) atoms. The van der Waals surface area contributed by atoms with E-state index in [2.05, 4.69) is 16.1 Å². The number of aromatic nitrogens is 2. The van der Waals surface area contributed by atoms with Crippen LogP contribution in [-0.4, -0.2) is 40.9 Å². The van der Waals surface area contributed by atoms with Crippen molar-refractivity contribution in [1.29, 1.82) is 0 Å². The Kier molecular flexibility index (Phi) is 3.38. The maximum absolute atomic E-state index is 5.59. The van der Waals surface area contributed by atoms with Crippen molar-refractivity contribution in [3.05, 3.63) is 18.0 Å². The van der Waals surface area contributed by atoms with Crippen molar-refractivity contribution in [3.63, 3.8) is 0 Å². The van der Waals surface area contributed by atoms with Gasteiger partial charge < -0.3 is 10.6 Å². The molecule has 1 fully saturated rings. The minimum atomic E-state index is 0.603. The van der Waals surface area contributed by atoms with Gasteiger partial charge in [0.15, 0.2) is 0 Å². The number of likely N-dealkylation sites (tertiary alicyclic amines) is 1. The lowest BCUT2D eigenvalue weighted by atomic mass is 9.95. The van der Waals surface area contributed by atoms with Gasteiger partial charge in [-0.05, 0) is 25.5 Å². The van der Waals surface area contributed by atoms with E-state index >= 15 is 0 Å². The Morgan fingerprint density at radius 1 is 1.60 bits per heavy atom. The molecule has 0 spiro atoms. The molecule has 0 saturated carbocycles. The molecule has 1 saturated heterocycles. The van der Waals surface area contributed by atoms with Crippen molar-refractivity contribution in [2.75, 3.05) is 26.2 Å². The molecule has 4 heteroatoms. The monoisotopic (exact) mass is 208 g/mol. The highest BCUT2D eigenvalue weighted by atomic mass is 15.3. The van der Waals surface area contributed by atoms with Crippen LogP contribution in [0.15, 0.2) is 12.3 Å². The molecule has 1 aromatic heterocycles. The van der Waals surface area contributed by atoms with Crippen LogP contribution in [0.2, 0.25) is 0 Å². The van der Waals surface area contributed by atoms with Crippen molar-refractivity contribution in [2.45, 2.75) is 18.8 Å². The first-order chi connectivity index (χ1) is 7.29. The second kappa shape index (κ2) is 4.77. The van der Waals surface area contributed by atoms with E-state index in [4.69, 9.17) is 5.73 Å². The summed E-state index contributed by atoms with van der Waals surface area (Å²) in [5, 5.41) is 4.49. The maximum atomic E-state index is 5.59. The van der Waals surface area contributed by atoms with Crippen molar-refractivity contribution < 1.29 is 0 Å². The zero-order chi connectivity index (χ0) is 10.7. The van der Waals surface area contributed by atoms with Crippen molar-refractivity contribution in [2.24, 2.45) is 12.8 Å². The van der Waals surface area contributed by atoms with Crippen molar-refractivity contribution in [3.8, 4) is 0 Å². The van der Waals surface area contributed by atoms with E-state index in [1.54, 1.807) is 0 Å². The fourth-order valence-electron chi connectivity index (χ4n) is 2.33. The van der Waals surface area contributed by atoms with Crippen molar-refractivity contribution in [1.82, 2.24) is 14.7 Å². The summed E-state index contributed by atoms with van der Waals surface area (Å²) >= 11 is 0. The van der Waals surface area contributed by atoms with E-state index in [1.807, 2.05) is 17.9 Å². The van der Waals surface area contributed by atoms with Crippen LogP contribution in [0.4, 0.5) is 0 Å². The minimum Gasteiger partial charge on any atom is -0.329 e. The van der Waals surface area contributed by atoms with Crippen LogP contribution in [0.1, 0.15) is 24.5 Å². The highest BCUT2D eigenvalue weighted by Crippen LogP contribution is 2.24. The number of rotatable bonds is 3. The molecule has 1 aliphatic rings. The highest BCUT2D eigenvalue weighted by Gasteiger charge is 2.22. The molecular weight excluding hydrogens is 188 g/mol. The van der Waals surface area contributed by atoms with Gasteiger partial charge in [0.1, 0.15) is 0 Å². The summed E-state index contributed by atoms with van der Waals surface area (Å²) < 4.78 is 1.89. The Balaban J connectivity index is 1.98. The summed E-state index contributed by atoms with van der Waals surface area (Å²) in [4.78, 5) is 2.45. The van der Waals surface area contributed by atoms with Crippen LogP contribution in [0.3, 0.4) is 0 Å². The minimum absolute atomic E-state index is 0.603. The summed E-state index contributed by atoms with van der Waals surface area (Å²) in [6, 6.07) is 2.14. The van der Waals surface area contributed by atoms with Crippen molar-refractivity contribution >= 4 is 0 Å². The first kappa shape index (κ1) is 10.6. The van der Waals surface area contributed by atoms with Gasteiger partial charge in [0, 0.05) is 38.8 Å². The van der Waals surface area contributed by atoms with Gasteiger partial charge in [-0.1, -0.05) is 0 Å². The van der Waals surface area contributed by atoms with E-state index in [9.17, 15) is 0 Å². The average Bonchev–Trinajstić information content (AvgIpc) is 2.66. The lowest BCUT2D eigenvalue weighted by molar-refractivity contribution is 0.211. The van der Waals surface area contributed by atoms with Gasteiger partial charge >= 0.3 is 0 Å². The van der Waals surface area contributed by atoms with E-state index in [1.165, 1.54) is 25.1 Å². The highest BCUT2D eigenvalue weighted by molar-refractivity contribution is 5.08. The molecule has 0 aromatic carbocycles. The molecule has 1 aromatic rings. The van der Waals surface area contributed by atoms with E-state index in [0.717, 1.165) is 19.6 Å². The second-order valence-electron chi connectivity index (χ2n) is 4.34. The van der Waals surface area contributed by atoms with Gasteiger partial charge in [-0.3, -0.25) is 4.68 Å².